The van der Waals surface area contributed by atoms with E-state index in [9.17, 15) is 9.90 Å². The van der Waals surface area contributed by atoms with Gasteiger partial charge in [-0.1, -0.05) is 30.3 Å². The Kier molecular flexibility index (Phi) is 4.71. The number of nitrogens with one attached hydrogen (secondary N) is 1. The van der Waals surface area contributed by atoms with Crippen LogP contribution in [-0.2, 0) is 11.2 Å². The number of carbonyl (C=O) groups is 1. The molecule has 0 aliphatic carbocycles. The Bertz CT molecular complexity index is 602. The van der Waals surface area contributed by atoms with Gasteiger partial charge in [0.1, 0.15) is 11.9 Å². The summed E-state index contributed by atoms with van der Waals surface area (Å²) in [5, 5.41) is 12.3. The molecule has 110 valence electrons. The van der Waals surface area contributed by atoms with Gasteiger partial charge in [0.25, 0.3) is 0 Å². The molecule has 2 N–H and O–H groups in total. The quantitative estimate of drug-likeness (QED) is 0.840. The molecule has 0 aliphatic heterocycles. The minimum absolute atomic E-state index is 0.386. The number of nitrogens with zero attached hydrogens (tertiary/aromatic N) is 3. The molecule has 6 heteroatoms. The van der Waals surface area contributed by atoms with Crippen LogP contribution in [-0.4, -0.2) is 41.2 Å². The zero-order valence-corrected chi connectivity index (χ0v) is 12.0. The molecule has 0 fully saturated rings. The molecule has 0 radical (unpaired) electrons. The molecule has 0 spiro atoms. The van der Waals surface area contributed by atoms with Crippen molar-refractivity contribution in [3.05, 3.63) is 48.2 Å². The summed E-state index contributed by atoms with van der Waals surface area (Å²) in [6.45, 7) is 0. The Hall–Kier alpha value is -2.63. The van der Waals surface area contributed by atoms with Crippen LogP contribution in [0, 0.1) is 0 Å². The largest absolute Gasteiger partial charge is 0.480 e. The van der Waals surface area contributed by atoms with E-state index in [1.165, 1.54) is 0 Å². The highest BCUT2D eigenvalue weighted by Crippen LogP contribution is 2.12. The van der Waals surface area contributed by atoms with Crippen LogP contribution in [0.1, 0.15) is 5.56 Å². The maximum absolute atomic E-state index is 11.4. The molecule has 1 atom stereocenters. The number of hydrogen-bond acceptors (Lipinski definition) is 5. The van der Waals surface area contributed by atoms with Gasteiger partial charge in [-0.05, 0) is 11.6 Å². The second-order valence-electron chi connectivity index (χ2n) is 4.86. The van der Waals surface area contributed by atoms with Gasteiger partial charge in [-0.3, -0.25) is 0 Å². The number of anilines is 2. The monoisotopic (exact) mass is 286 g/mol. The van der Waals surface area contributed by atoms with Crippen LogP contribution in [0.4, 0.5) is 11.8 Å². The van der Waals surface area contributed by atoms with E-state index in [0.717, 1.165) is 5.56 Å². The van der Waals surface area contributed by atoms with E-state index < -0.39 is 12.0 Å². The summed E-state index contributed by atoms with van der Waals surface area (Å²) in [6, 6.07) is 10.4. The molecule has 6 nitrogen and oxygen atoms in total. The Morgan fingerprint density at radius 1 is 1.29 bits per heavy atom. The fourth-order valence-corrected chi connectivity index (χ4v) is 1.87. The molecule has 1 heterocycles. The van der Waals surface area contributed by atoms with Crippen LogP contribution in [0.5, 0.6) is 0 Å². The molecule has 1 aromatic heterocycles. The van der Waals surface area contributed by atoms with Crippen molar-refractivity contribution >= 4 is 17.7 Å². The lowest BCUT2D eigenvalue weighted by Gasteiger charge is -2.16. The molecule has 0 saturated carbocycles. The fraction of sp³-hybridized carbons (Fsp3) is 0.267. The Morgan fingerprint density at radius 3 is 2.62 bits per heavy atom. The standard InChI is InChI=1S/C15H18N4O2/c1-19(2)15-16-9-8-13(18-15)17-12(14(20)21)10-11-6-4-3-5-7-11/h3-9,12H,10H2,1-2H3,(H,20,21)(H,16,17,18)/t12-/m1/s1. The number of aromatic nitrogens is 2. The van der Waals surface area contributed by atoms with E-state index in [-0.39, 0.29) is 0 Å². The molecule has 1 aromatic carbocycles. The smallest absolute Gasteiger partial charge is 0.326 e. The Labute approximate surface area is 123 Å². The van der Waals surface area contributed by atoms with Gasteiger partial charge in [0, 0.05) is 26.7 Å². The molecule has 0 bridgehead atoms. The van der Waals surface area contributed by atoms with E-state index in [1.807, 2.05) is 44.4 Å². The van der Waals surface area contributed by atoms with Crippen LogP contribution < -0.4 is 10.2 Å². The fourth-order valence-electron chi connectivity index (χ4n) is 1.87. The molecule has 0 unspecified atom stereocenters. The van der Waals surface area contributed by atoms with Crippen molar-refractivity contribution in [2.24, 2.45) is 0 Å². The highest BCUT2D eigenvalue weighted by atomic mass is 16.4. The topological polar surface area (TPSA) is 78.4 Å². The van der Waals surface area contributed by atoms with E-state index in [0.29, 0.717) is 18.2 Å². The number of aliphatic carboxylic acids is 1. The van der Waals surface area contributed by atoms with Crippen molar-refractivity contribution in [1.29, 1.82) is 0 Å². The summed E-state index contributed by atoms with van der Waals surface area (Å²) < 4.78 is 0. The van der Waals surface area contributed by atoms with Crippen LogP contribution in [0.25, 0.3) is 0 Å². The SMILES string of the molecule is CN(C)c1nccc(N[C@H](Cc2ccccc2)C(=O)O)n1. The third kappa shape index (κ3) is 4.17. The average molecular weight is 286 g/mol. The second kappa shape index (κ2) is 6.69. The third-order valence-electron chi connectivity index (χ3n) is 2.95. The summed E-state index contributed by atoms with van der Waals surface area (Å²) in [7, 11) is 3.66. The van der Waals surface area contributed by atoms with Gasteiger partial charge >= 0.3 is 5.97 Å². The van der Waals surface area contributed by atoms with Gasteiger partial charge in [-0.15, -0.1) is 0 Å². The lowest BCUT2D eigenvalue weighted by Crippen LogP contribution is -2.32. The van der Waals surface area contributed by atoms with Crippen molar-refractivity contribution in [3.8, 4) is 0 Å². The molecular weight excluding hydrogens is 268 g/mol. The third-order valence-corrected chi connectivity index (χ3v) is 2.95. The summed E-state index contributed by atoms with van der Waals surface area (Å²) in [6.07, 6.45) is 1.99. The maximum atomic E-state index is 11.4. The number of benzene rings is 1. The number of carboxylic acid groups (broad SMARTS) is 1. The van der Waals surface area contributed by atoms with Gasteiger partial charge in [0.15, 0.2) is 0 Å². The number of rotatable bonds is 6. The molecular formula is C15H18N4O2. The van der Waals surface area contributed by atoms with Gasteiger partial charge in [0.2, 0.25) is 5.95 Å². The number of carboxylic acids is 1. The zero-order chi connectivity index (χ0) is 15.2. The number of hydrogen-bond donors (Lipinski definition) is 2. The minimum atomic E-state index is -0.913. The first-order valence-electron chi connectivity index (χ1n) is 6.60. The molecule has 0 saturated heterocycles. The van der Waals surface area contributed by atoms with E-state index in [1.54, 1.807) is 17.2 Å². The van der Waals surface area contributed by atoms with E-state index >= 15 is 0 Å². The first kappa shape index (κ1) is 14.8. The highest BCUT2D eigenvalue weighted by Gasteiger charge is 2.18. The second-order valence-corrected chi connectivity index (χ2v) is 4.86. The van der Waals surface area contributed by atoms with Crippen LogP contribution in [0.2, 0.25) is 0 Å². The lowest BCUT2D eigenvalue weighted by molar-refractivity contribution is -0.137. The van der Waals surface area contributed by atoms with Crippen LogP contribution in [0.15, 0.2) is 42.6 Å². The normalized spacial score (nSPS) is 11.7. The van der Waals surface area contributed by atoms with Gasteiger partial charge in [-0.25, -0.2) is 9.78 Å². The predicted molar refractivity (Wildman–Crippen MR) is 81.6 cm³/mol. The summed E-state index contributed by atoms with van der Waals surface area (Å²) in [5.74, 6) is 0.116. The van der Waals surface area contributed by atoms with Crippen LogP contribution >= 0.6 is 0 Å². The van der Waals surface area contributed by atoms with Crippen molar-refractivity contribution in [2.45, 2.75) is 12.5 Å². The molecule has 0 aliphatic rings. The van der Waals surface area contributed by atoms with Crippen molar-refractivity contribution < 1.29 is 9.90 Å². The highest BCUT2D eigenvalue weighted by molar-refractivity contribution is 5.77. The van der Waals surface area contributed by atoms with Gasteiger partial charge in [-0.2, -0.15) is 4.98 Å². The Morgan fingerprint density at radius 2 is 2.00 bits per heavy atom. The first-order valence-corrected chi connectivity index (χ1v) is 6.60. The maximum Gasteiger partial charge on any atom is 0.326 e. The van der Waals surface area contributed by atoms with Crippen molar-refractivity contribution in [3.63, 3.8) is 0 Å². The summed E-state index contributed by atoms with van der Waals surface area (Å²) in [5.41, 5.74) is 0.958. The summed E-state index contributed by atoms with van der Waals surface area (Å²) >= 11 is 0. The molecule has 2 aromatic rings. The van der Waals surface area contributed by atoms with Crippen LogP contribution in [0.3, 0.4) is 0 Å². The first-order chi connectivity index (χ1) is 10.1. The van der Waals surface area contributed by atoms with Crippen molar-refractivity contribution in [1.82, 2.24) is 9.97 Å². The summed E-state index contributed by atoms with van der Waals surface area (Å²) in [4.78, 5) is 21.6. The van der Waals surface area contributed by atoms with Gasteiger partial charge < -0.3 is 15.3 Å². The Balaban J connectivity index is 2.13. The lowest BCUT2D eigenvalue weighted by atomic mass is 10.1. The van der Waals surface area contributed by atoms with E-state index in [2.05, 4.69) is 15.3 Å². The predicted octanol–water partition coefficient (Wildman–Crippen LogP) is 1.65. The average Bonchev–Trinajstić information content (AvgIpc) is 2.48. The van der Waals surface area contributed by atoms with Gasteiger partial charge in [0.05, 0.1) is 0 Å². The van der Waals surface area contributed by atoms with Crippen molar-refractivity contribution in [2.75, 3.05) is 24.3 Å². The molecule has 2 rings (SSSR count). The van der Waals surface area contributed by atoms with E-state index in [4.69, 9.17) is 0 Å². The minimum Gasteiger partial charge on any atom is -0.480 e. The zero-order valence-electron chi connectivity index (χ0n) is 12.0. The molecule has 21 heavy (non-hydrogen) atoms. The molecule has 0 amide bonds.